The van der Waals surface area contributed by atoms with Gasteiger partial charge in [-0.2, -0.15) is 5.10 Å². The van der Waals surface area contributed by atoms with Crippen molar-refractivity contribution in [3.05, 3.63) is 76.8 Å². The zero-order valence-electron chi connectivity index (χ0n) is 14.1. The van der Waals surface area contributed by atoms with E-state index in [4.69, 9.17) is 11.6 Å². The maximum atomic E-state index is 13.9. The van der Waals surface area contributed by atoms with Crippen molar-refractivity contribution < 1.29 is 9.18 Å². The lowest BCUT2D eigenvalue weighted by molar-refractivity contribution is 0.0955. The molecule has 0 spiro atoms. The molecule has 134 valence electrons. The Hall–Kier alpha value is -2.31. The summed E-state index contributed by atoms with van der Waals surface area (Å²) in [4.78, 5) is 13.5. The van der Waals surface area contributed by atoms with Gasteiger partial charge in [-0.15, -0.1) is 11.8 Å². The number of benzene rings is 2. The van der Waals surface area contributed by atoms with Crippen LogP contribution in [0.4, 0.5) is 4.39 Å². The van der Waals surface area contributed by atoms with Crippen LogP contribution < -0.4 is 5.32 Å². The number of hydrogen-bond acceptors (Lipinski definition) is 3. The molecule has 0 saturated carbocycles. The zero-order chi connectivity index (χ0) is 18.5. The van der Waals surface area contributed by atoms with Crippen molar-refractivity contribution in [2.75, 3.05) is 12.3 Å². The number of rotatable bonds is 6. The van der Waals surface area contributed by atoms with Crippen LogP contribution in [0.25, 0.3) is 5.69 Å². The third-order valence-corrected chi connectivity index (χ3v) is 5.07. The van der Waals surface area contributed by atoms with E-state index >= 15 is 0 Å². The number of carbonyl (C=O) groups excluding carboxylic acids is 1. The van der Waals surface area contributed by atoms with Crippen LogP contribution in [0.1, 0.15) is 16.1 Å². The fourth-order valence-electron chi connectivity index (χ4n) is 2.46. The molecule has 3 rings (SSSR count). The number of halogens is 2. The van der Waals surface area contributed by atoms with Crippen molar-refractivity contribution in [3.8, 4) is 5.69 Å². The maximum absolute atomic E-state index is 13.9. The number of amides is 1. The SMILES string of the molecule is Cc1c(C(=O)NCCSc2ccc(Cl)cc2)cnn1-c1ccccc1F. The molecular weight excluding hydrogens is 373 g/mol. The van der Waals surface area contributed by atoms with Gasteiger partial charge in [0.15, 0.2) is 0 Å². The minimum absolute atomic E-state index is 0.221. The fraction of sp³-hybridized carbons (Fsp3) is 0.158. The summed E-state index contributed by atoms with van der Waals surface area (Å²) in [6.07, 6.45) is 1.46. The van der Waals surface area contributed by atoms with Crippen molar-refractivity contribution in [1.82, 2.24) is 15.1 Å². The molecule has 7 heteroatoms. The number of nitrogens with zero attached hydrogens (tertiary/aromatic N) is 2. The molecule has 0 aliphatic rings. The number of hydrogen-bond donors (Lipinski definition) is 1. The highest BCUT2D eigenvalue weighted by atomic mass is 35.5. The standard InChI is InChI=1S/C19H17ClFN3OS/c1-13-16(12-23-24(13)18-5-3-2-4-17(18)21)19(25)22-10-11-26-15-8-6-14(20)7-9-15/h2-9,12H,10-11H2,1H3,(H,22,25). The second-order valence-electron chi connectivity index (χ2n) is 5.57. The first-order chi connectivity index (χ1) is 12.6. The average Bonchev–Trinajstić information content (AvgIpc) is 3.02. The lowest BCUT2D eigenvalue weighted by Gasteiger charge is -2.07. The van der Waals surface area contributed by atoms with Gasteiger partial charge < -0.3 is 5.32 Å². The molecule has 2 aromatic carbocycles. The van der Waals surface area contributed by atoms with Gasteiger partial charge in [-0.1, -0.05) is 23.7 Å². The highest BCUT2D eigenvalue weighted by molar-refractivity contribution is 7.99. The second kappa shape index (κ2) is 8.38. The number of carbonyl (C=O) groups is 1. The molecule has 0 bridgehead atoms. The van der Waals surface area contributed by atoms with Gasteiger partial charge in [0.05, 0.1) is 17.5 Å². The first-order valence-corrected chi connectivity index (χ1v) is 9.38. The van der Waals surface area contributed by atoms with Crippen LogP contribution in [0.5, 0.6) is 0 Å². The molecule has 1 amide bonds. The van der Waals surface area contributed by atoms with Crippen LogP contribution in [0.15, 0.2) is 59.6 Å². The summed E-state index contributed by atoms with van der Waals surface area (Å²) in [6.45, 7) is 2.26. The number of para-hydroxylation sites is 1. The Morgan fingerprint density at radius 3 is 2.69 bits per heavy atom. The minimum atomic E-state index is -0.384. The first-order valence-electron chi connectivity index (χ1n) is 8.02. The first kappa shape index (κ1) is 18.5. The number of aromatic nitrogens is 2. The van der Waals surface area contributed by atoms with Crippen molar-refractivity contribution in [2.24, 2.45) is 0 Å². The molecule has 0 radical (unpaired) electrons. The molecule has 0 aliphatic carbocycles. The van der Waals surface area contributed by atoms with Gasteiger partial charge in [0.25, 0.3) is 5.91 Å². The molecular formula is C19H17ClFN3OS. The molecule has 1 N–H and O–H groups in total. The van der Waals surface area contributed by atoms with E-state index in [1.54, 1.807) is 36.9 Å². The average molecular weight is 390 g/mol. The molecule has 3 aromatic rings. The van der Waals surface area contributed by atoms with Crippen LogP contribution in [-0.4, -0.2) is 28.0 Å². The minimum Gasteiger partial charge on any atom is -0.351 e. The highest BCUT2D eigenvalue weighted by Gasteiger charge is 2.16. The summed E-state index contributed by atoms with van der Waals surface area (Å²) >= 11 is 7.49. The third-order valence-electron chi connectivity index (χ3n) is 3.81. The van der Waals surface area contributed by atoms with Crippen LogP contribution in [0, 0.1) is 12.7 Å². The van der Waals surface area contributed by atoms with Crippen molar-refractivity contribution in [1.29, 1.82) is 0 Å². The normalized spacial score (nSPS) is 10.7. The van der Waals surface area contributed by atoms with E-state index in [9.17, 15) is 9.18 Å². The van der Waals surface area contributed by atoms with Gasteiger partial charge in [-0.3, -0.25) is 4.79 Å². The topological polar surface area (TPSA) is 46.9 Å². The van der Waals surface area contributed by atoms with E-state index in [0.717, 1.165) is 10.6 Å². The lowest BCUT2D eigenvalue weighted by Crippen LogP contribution is -2.26. The fourth-order valence-corrected chi connectivity index (χ4v) is 3.35. The van der Waals surface area contributed by atoms with E-state index < -0.39 is 0 Å². The summed E-state index contributed by atoms with van der Waals surface area (Å²) in [7, 11) is 0. The summed E-state index contributed by atoms with van der Waals surface area (Å²) < 4.78 is 15.4. The largest absolute Gasteiger partial charge is 0.351 e. The summed E-state index contributed by atoms with van der Waals surface area (Å²) in [6, 6.07) is 13.9. The number of thioether (sulfide) groups is 1. The van der Waals surface area contributed by atoms with Crippen LogP contribution in [-0.2, 0) is 0 Å². The number of nitrogens with one attached hydrogen (secondary N) is 1. The maximum Gasteiger partial charge on any atom is 0.254 e. The molecule has 0 saturated heterocycles. The van der Waals surface area contributed by atoms with Crippen molar-refractivity contribution in [2.45, 2.75) is 11.8 Å². The van der Waals surface area contributed by atoms with E-state index in [1.165, 1.54) is 16.9 Å². The summed E-state index contributed by atoms with van der Waals surface area (Å²) in [5, 5.41) is 7.72. The summed E-state index contributed by atoms with van der Waals surface area (Å²) in [5.41, 5.74) is 1.35. The lowest BCUT2D eigenvalue weighted by atomic mass is 10.2. The smallest absolute Gasteiger partial charge is 0.254 e. The van der Waals surface area contributed by atoms with Crippen LogP contribution >= 0.6 is 23.4 Å². The van der Waals surface area contributed by atoms with Gasteiger partial charge in [-0.25, -0.2) is 9.07 Å². The van der Waals surface area contributed by atoms with Gasteiger partial charge in [-0.05, 0) is 43.3 Å². The van der Waals surface area contributed by atoms with Gasteiger partial charge in [0, 0.05) is 22.2 Å². The Balaban J connectivity index is 1.58. The van der Waals surface area contributed by atoms with Gasteiger partial charge in [0.2, 0.25) is 0 Å². The molecule has 0 atom stereocenters. The Bertz CT molecular complexity index is 911. The molecule has 1 heterocycles. The Morgan fingerprint density at radius 1 is 1.23 bits per heavy atom. The molecule has 1 aromatic heterocycles. The van der Waals surface area contributed by atoms with Crippen molar-refractivity contribution >= 4 is 29.3 Å². The van der Waals surface area contributed by atoms with Gasteiger partial charge in [0.1, 0.15) is 11.5 Å². The van der Waals surface area contributed by atoms with E-state index in [2.05, 4.69) is 10.4 Å². The van der Waals surface area contributed by atoms with E-state index in [0.29, 0.717) is 28.5 Å². The molecule has 0 unspecified atom stereocenters. The predicted molar refractivity (Wildman–Crippen MR) is 103 cm³/mol. The molecule has 0 aliphatic heterocycles. The quantitative estimate of drug-likeness (QED) is 0.499. The Kier molecular flexibility index (Phi) is 5.96. The monoisotopic (exact) mass is 389 g/mol. The highest BCUT2D eigenvalue weighted by Crippen LogP contribution is 2.20. The zero-order valence-corrected chi connectivity index (χ0v) is 15.6. The summed E-state index contributed by atoms with van der Waals surface area (Å²) in [5.74, 6) is 0.125. The molecule has 26 heavy (non-hydrogen) atoms. The Labute approximate surface area is 160 Å². The molecule has 0 fully saturated rings. The van der Waals surface area contributed by atoms with Crippen LogP contribution in [0.3, 0.4) is 0 Å². The van der Waals surface area contributed by atoms with E-state index in [-0.39, 0.29) is 11.7 Å². The van der Waals surface area contributed by atoms with Crippen LogP contribution in [0.2, 0.25) is 5.02 Å². The second-order valence-corrected chi connectivity index (χ2v) is 7.17. The Morgan fingerprint density at radius 2 is 1.96 bits per heavy atom. The van der Waals surface area contributed by atoms with E-state index in [1.807, 2.05) is 24.3 Å². The van der Waals surface area contributed by atoms with Gasteiger partial charge >= 0.3 is 0 Å². The molecule has 4 nitrogen and oxygen atoms in total. The third kappa shape index (κ3) is 4.26. The van der Waals surface area contributed by atoms with Crippen molar-refractivity contribution in [3.63, 3.8) is 0 Å². The predicted octanol–water partition coefficient (Wildman–Crippen LogP) is 4.50.